The fourth-order valence-corrected chi connectivity index (χ4v) is 4.91. The number of aromatic amines is 1. The summed E-state index contributed by atoms with van der Waals surface area (Å²) in [4.78, 5) is 19.8. The summed E-state index contributed by atoms with van der Waals surface area (Å²) >= 11 is 0. The Bertz CT molecular complexity index is 1650. The number of halogens is 4. The predicted molar refractivity (Wildman–Crippen MR) is 161 cm³/mol. The van der Waals surface area contributed by atoms with Crippen LogP contribution in [0.25, 0.3) is 28.0 Å². The molecular weight excluding hydrogens is 580 g/mol. The number of ether oxygens (including phenoxy) is 1. The average molecular weight is 617 g/mol. The van der Waals surface area contributed by atoms with Crippen molar-refractivity contribution in [1.82, 2.24) is 19.9 Å². The highest BCUT2D eigenvalue weighted by Gasteiger charge is 2.33. The Labute approximate surface area is 251 Å². The first-order valence-corrected chi connectivity index (χ1v) is 14.2. The summed E-state index contributed by atoms with van der Waals surface area (Å²) in [7, 11) is 0. The number of rotatable bonds is 13. The minimum atomic E-state index is -5.08. The lowest BCUT2D eigenvalue weighted by Crippen LogP contribution is -2.30. The van der Waals surface area contributed by atoms with Gasteiger partial charge in [0, 0.05) is 35.8 Å². The fourth-order valence-electron chi connectivity index (χ4n) is 4.91. The van der Waals surface area contributed by atoms with E-state index < -0.39 is 23.6 Å². The highest BCUT2D eigenvalue weighted by Crippen LogP contribution is 2.35. The van der Waals surface area contributed by atoms with Crippen molar-refractivity contribution in [3.05, 3.63) is 76.1 Å². The molecule has 4 aromatic rings. The maximum Gasteiger partial charge on any atom is 0.573 e. The summed E-state index contributed by atoms with van der Waals surface area (Å²) in [5, 5.41) is 10.4. The number of benzene rings is 2. The molecule has 0 saturated carbocycles. The second kappa shape index (κ2) is 13.9. The van der Waals surface area contributed by atoms with Gasteiger partial charge in [-0.05, 0) is 86.9 Å². The molecule has 0 bridgehead atoms. The van der Waals surface area contributed by atoms with Gasteiger partial charge >= 0.3 is 12.1 Å². The molecule has 2 heterocycles. The zero-order valence-corrected chi connectivity index (χ0v) is 24.2. The Balaban J connectivity index is 1.59. The van der Waals surface area contributed by atoms with Gasteiger partial charge in [-0.25, -0.2) is 9.18 Å². The number of unbranched alkanes of at least 4 members (excludes halogenated alkanes) is 1. The molecule has 2 aromatic heterocycles. The summed E-state index contributed by atoms with van der Waals surface area (Å²) < 4.78 is 59.8. The van der Waals surface area contributed by atoms with Gasteiger partial charge in [0.1, 0.15) is 5.65 Å². The molecule has 0 aliphatic carbocycles. The fraction of sp³-hybridized carbons (Fsp3) is 0.367. The highest BCUT2D eigenvalue weighted by molar-refractivity contribution is 5.83. The smallest absolute Gasteiger partial charge is 0.403 e. The minimum Gasteiger partial charge on any atom is -0.403 e. The zero-order valence-electron chi connectivity index (χ0n) is 24.2. The normalized spacial score (nSPS) is 13.2. The molecule has 236 valence electrons. The maximum atomic E-state index is 15.3. The molecule has 10 nitrogen and oxygen atoms in total. The molecule has 0 spiro atoms. The number of aromatic nitrogens is 3. The third kappa shape index (κ3) is 8.57. The number of nitrogens with two attached hydrogens (primary N) is 3. The van der Waals surface area contributed by atoms with Crippen LogP contribution in [0.2, 0.25) is 0 Å². The number of hydrogen-bond acceptors (Lipinski definition) is 6. The molecule has 4 rings (SSSR count). The minimum absolute atomic E-state index is 0.0709. The molecule has 44 heavy (non-hydrogen) atoms. The lowest BCUT2D eigenvalue weighted by Gasteiger charge is -2.14. The zero-order chi connectivity index (χ0) is 32.0. The van der Waals surface area contributed by atoms with Crippen LogP contribution in [0.5, 0.6) is 5.75 Å². The Morgan fingerprint density at radius 3 is 2.50 bits per heavy atom. The van der Waals surface area contributed by atoms with E-state index in [0.29, 0.717) is 42.4 Å². The molecule has 0 radical (unpaired) electrons. The molecule has 14 heteroatoms. The molecule has 2 aromatic carbocycles. The standard InChI is InChI=1S/C30H36F4N8O2/c1-17(35)5-4-6-18-13-22(26(31)25(14-18)44-30(32,33)34)24-15-20-16-42(29(43)41-27(20)40-24)21-10-8-19(9-11-21)23(36)7-2-3-12-39-28(37)38/h8-11,13-17,23H,2-7,12,35-36H2,1H3,(H4,37,38,39)(H,40,41,43)/t17-,23+/m0/s1. The van der Waals surface area contributed by atoms with E-state index in [0.717, 1.165) is 30.9 Å². The van der Waals surface area contributed by atoms with Crippen molar-refractivity contribution < 1.29 is 22.3 Å². The second-order valence-electron chi connectivity index (χ2n) is 10.8. The lowest BCUT2D eigenvalue weighted by molar-refractivity contribution is -0.275. The monoisotopic (exact) mass is 616 g/mol. The molecule has 0 aliphatic heterocycles. The number of nitrogens with zero attached hydrogens (tertiary/aromatic N) is 2. The van der Waals surface area contributed by atoms with Gasteiger partial charge in [-0.2, -0.15) is 4.98 Å². The predicted octanol–water partition coefficient (Wildman–Crippen LogP) is 4.74. The van der Waals surface area contributed by atoms with Crippen molar-refractivity contribution in [2.24, 2.45) is 17.2 Å². The van der Waals surface area contributed by atoms with Crippen LogP contribution >= 0.6 is 0 Å². The van der Waals surface area contributed by atoms with Crippen LogP contribution in [-0.2, 0) is 6.42 Å². The Morgan fingerprint density at radius 1 is 1.11 bits per heavy atom. The number of fused-ring (bicyclic) bond motifs is 1. The van der Waals surface area contributed by atoms with E-state index in [-0.39, 0.29) is 34.9 Å². The van der Waals surface area contributed by atoms with Crippen molar-refractivity contribution in [2.75, 3.05) is 6.54 Å². The second-order valence-corrected chi connectivity index (χ2v) is 10.8. The molecule has 2 atom stereocenters. The summed E-state index contributed by atoms with van der Waals surface area (Å²) in [5.41, 5.74) is 18.8. The molecule has 0 saturated heterocycles. The van der Waals surface area contributed by atoms with Gasteiger partial charge in [0.05, 0.1) is 11.4 Å². The summed E-state index contributed by atoms with van der Waals surface area (Å²) in [5.74, 6) is -2.21. The quantitative estimate of drug-likeness (QED) is 0.0544. The molecular formula is C30H36F4N8O2. The summed E-state index contributed by atoms with van der Waals surface area (Å²) in [6.07, 6.45) is 0.395. The van der Waals surface area contributed by atoms with E-state index in [9.17, 15) is 18.0 Å². The summed E-state index contributed by atoms with van der Waals surface area (Å²) in [6, 6.07) is 10.8. The Kier molecular flexibility index (Phi) is 10.3. The van der Waals surface area contributed by atoms with Crippen LogP contribution in [0.4, 0.5) is 17.6 Å². The van der Waals surface area contributed by atoms with Crippen molar-refractivity contribution in [3.8, 4) is 22.7 Å². The molecule has 0 fully saturated rings. The maximum absolute atomic E-state index is 15.3. The van der Waals surface area contributed by atoms with Crippen LogP contribution in [-0.4, -0.2) is 39.4 Å². The van der Waals surface area contributed by atoms with Crippen molar-refractivity contribution in [1.29, 1.82) is 5.41 Å². The number of guanidine groups is 1. The molecule has 0 unspecified atom stereocenters. The number of aryl methyl sites for hydroxylation is 1. The molecule has 0 aliphatic rings. The van der Waals surface area contributed by atoms with Crippen molar-refractivity contribution >= 4 is 17.0 Å². The summed E-state index contributed by atoms with van der Waals surface area (Å²) in [6.45, 7) is 2.42. The van der Waals surface area contributed by atoms with Crippen molar-refractivity contribution in [2.45, 2.75) is 63.9 Å². The van der Waals surface area contributed by atoms with Crippen molar-refractivity contribution in [3.63, 3.8) is 0 Å². The Hall–Kier alpha value is -4.43. The van der Waals surface area contributed by atoms with Gasteiger partial charge in [0.15, 0.2) is 17.5 Å². The Morgan fingerprint density at radius 2 is 1.84 bits per heavy atom. The third-order valence-corrected chi connectivity index (χ3v) is 7.10. The topological polar surface area (TPSA) is 174 Å². The van der Waals surface area contributed by atoms with E-state index >= 15 is 4.39 Å². The van der Waals surface area contributed by atoms with E-state index in [1.54, 1.807) is 12.1 Å². The largest absolute Gasteiger partial charge is 0.573 e. The van der Waals surface area contributed by atoms with Crippen LogP contribution in [0.3, 0.4) is 0 Å². The van der Waals surface area contributed by atoms with E-state index in [2.05, 4.69) is 20.0 Å². The van der Waals surface area contributed by atoms with Gasteiger partial charge in [0.2, 0.25) is 0 Å². The van der Waals surface area contributed by atoms with Crippen LogP contribution in [0.1, 0.15) is 56.2 Å². The molecule has 0 amide bonds. The van der Waals surface area contributed by atoms with Gasteiger partial charge in [-0.15, -0.1) is 13.2 Å². The molecule has 9 N–H and O–H groups in total. The number of hydrogen-bond donors (Lipinski definition) is 6. The van der Waals surface area contributed by atoms with Crippen LogP contribution in [0, 0.1) is 11.2 Å². The van der Waals surface area contributed by atoms with Gasteiger partial charge in [0.25, 0.3) is 0 Å². The average Bonchev–Trinajstić information content (AvgIpc) is 3.35. The van der Waals surface area contributed by atoms with E-state index in [1.807, 2.05) is 19.1 Å². The third-order valence-electron chi connectivity index (χ3n) is 7.10. The first kappa shape index (κ1) is 32.5. The number of H-pyrrole nitrogens is 1. The van der Waals surface area contributed by atoms with Gasteiger partial charge in [-0.1, -0.05) is 12.1 Å². The lowest BCUT2D eigenvalue weighted by atomic mass is 10.0. The first-order valence-electron chi connectivity index (χ1n) is 14.2. The van der Waals surface area contributed by atoms with Gasteiger partial charge < -0.3 is 32.2 Å². The highest BCUT2D eigenvalue weighted by atomic mass is 19.4. The van der Waals surface area contributed by atoms with Gasteiger partial charge in [-0.3, -0.25) is 9.98 Å². The van der Waals surface area contributed by atoms with Crippen LogP contribution < -0.4 is 32.9 Å². The first-order chi connectivity index (χ1) is 20.8. The SMILES string of the molecule is C[C@H](N)CCCc1cc(OC(F)(F)F)c(F)c(-c2cc3cn(-c4ccc([C@H](N)CCCCNC(=N)N)cc4)c(=O)nc3[nH]2)c1. The van der Waals surface area contributed by atoms with Crippen LogP contribution in [0.15, 0.2) is 53.5 Å². The van der Waals surface area contributed by atoms with E-state index in [4.69, 9.17) is 22.6 Å². The van der Waals surface area contributed by atoms with E-state index in [1.165, 1.54) is 22.9 Å². The number of alkyl halides is 3. The number of nitrogens with one attached hydrogen (secondary N) is 3.